The van der Waals surface area contributed by atoms with Crippen molar-refractivity contribution in [3.05, 3.63) is 12.7 Å². The topological polar surface area (TPSA) is 70.0 Å². The number of amides is 1. The van der Waals surface area contributed by atoms with Crippen molar-refractivity contribution < 1.29 is 19.7 Å². The number of hydrogen-bond donors (Lipinski definition) is 2. The lowest BCUT2D eigenvalue weighted by Gasteiger charge is -2.32. The van der Waals surface area contributed by atoms with Crippen molar-refractivity contribution in [2.75, 3.05) is 19.8 Å². The molecule has 0 aliphatic rings. The highest BCUT2D eigenvalue weighted by atomic mass is 16.5. The van der Waals surface area contributed by atoms with Gasteiger partial charge < -0.3 is 19.8 Å². The van der Waals surface area contributed by atoms with E-state index in [4.69, 9.17) is 14.9 Å². The quantitative estimate of drug-likeness (QED) is 0.455. The predicted octanol–water partition coefficient (Wildman–Crippen LogP) is -0.263. The van der Waals surface area contributed by atoms with Crippen molar-refractivity contribution in [3.63, 3.8) is 0 Å². The van der Waals surface area contributed by atoms with Gasteiger partial charge in [-0.25, -0.2) is 0 Å². The highest BCUT2D eigenvalue weighted by molar-refractivity contribution is 5.87. The minimum absolute atomic E-state index is 0.0822. The van der Waals surface area contributed by atoms with Crippen LogP contribution in [0, 0.1) is 0 Å². The molecule has 0 spiro atoms. The molecule has 15 heavy (non-hydrogen) atoms. The Kier molecular flexibility index (Phi) is 6.94. The maximum Gasteiger partial charge on any atom is 0.248 e. The van der Waals surface area contributed by atoms with Crippen LogP contribution in [-0.2, 0) is 9.53 Å². The first-order valence-electron chi connectivity index (χ1n) is 4.86. The number of hydrogen-bond acceptors (Lipinski definition) is 4. The van der Waals surface area contributed by atoms with Crippen molar-refractivity contribution in [3.8, 4) is 0 Å². The molecule has 5 heteroatoms. The minimum atomic E-state index is -0.734. The van der Waals surface area contributed by atoms with Crippen LogP contribution < -0.4 is 0 Å². The van der Waals surface area contributed by atoms with E-state index >= 15 is 0 Å². The van der Waals surface area contributed by atoms with E-state index in [1.54, 1.807) is 0 Å². The lowest BCUT2D eigenvalue weighted by molar-refractivity contribution is -0.151. The van der Waals surface area contributed by atoms with Crippen LogP contribution in [0.2, 0.25) is 0 Å². The van der Waals surface area contributed by atoms with E-state index in [1.165, 1.54) is 11.0 Å². The van der Waals surface area contributed by atoms with Crippen molar-refractivity contribution in [1.82, 2.24) is 4.90 Å². The Labute approximate surface area is 90.0 Å². The fourth-order valence-corrected chi connectivity index (χ4v) is 1.24. The third kappa shape index (κ3) is 4.42. The molecule has 0 heterocycles. The summed E-state index contributed by atoms with van der Waals surface area (Å²) in [5, 5.41) is 17.7. The van der Waals surface area contributed by atoms with E-state index in [1.807, 2.05) is 13.8 Å². The van der Waals surface area contributed by atoms with E-state index in [0.29, 0.717) is 0 Å². The molecule has 1 unspecified atom stereocenters. The van der Waals surface area contributed by atoms with Crippen LogP contribution in [0.4, 0.5) is 0 Å². The first kappa shape index (κ1) is 14.1. The Morgan fingerprint density at radius 1 is 1.53 bits per heavy atom. The molecule has 0 saturated heterocycles. The Bertz CT molecular complexity index is 206. The summed E-state index contributed by atoms with van der Waals surface area (Å²) in [7, 11) is 0. The zero-order valence-electron chi connectivity index (χ0n) is 9.22. The van der Waals surface area contributed by atoms with Gasteiger partial charge in [-0.1, -0.05) is 6.58 Å². The van der Waals surface area contributed by atoms with E-state index < -0.39 is 6.23 Å². The van der Waals surface area contributed by atoms with Gasteiger partial charge in [-0.15, -0.1) is 0 Å². The van der Waals surface area contributed by atoms with Crippen molar-refractivity contribution >= 4 is 5.91 Å². The molecule has 0 saturated carbocycles. The largest absolute Gasteiger partial charge is 0.394 e. The number of carbonyl (C=O) groups is 1. The monoisotopic (exact) mass is 217 g/mol. The summed E-state index contributed by atoms with van der Waals surface area (Å²) in [6.07, 6.45) is 0.438. The van der Waals surface area contributed by atoms with Gasteiger partial charge in [0.2, 0.25) is 5.91 Å². The molecule has 0 fully saturated rings. The van der Waals surface area contributed by atoms with Gasteiger partial charge in [-0.3, -0.25) is 4.79 Å². The lowest BCUT2D eigenvalue weighted by atomic mass is 10.3. The van der Waals surface area contributed by atoms with Crippen molar-refractivity contribution in [2.45, 2.75) is 26.1 Å². The predicted molar refractivity (Wildman–Crippen MR) is 56.1 cm³/mol. The highest BCUT2D eigenvalue weighted by Gasteiger charge is 2.24. The van der Waals surface area contributed by atoms with E-state index in [2.05, 4.69) is 6.58 Å². The molecule has 0 aromatic heterocycles. The number of carbonyl (C=O) groups excluding carboxylic acids is 1. The maximum absolute atomic E-state index is 11.5. The number of rotatable bonds is 7. The van der Waals surface area contributed by atoms with E-state index in [9.17, 15) is 4.79 Å². The van der Waals surface area contributed by atoms with Gasteiger partial charge in [-0.2, -0.15) is 0 Å². The second kappa shape index (κ2) is 7.39. The number of aliphatic hydroxyl groups excluding tert-OH is 2. The normalized spacial score (nSPS) is 12.6. The SMILES string of the molecule is C=CC(=O)N(C(C)C)C(CO)OCCO. The van der Waals surface area contributed by atoms with Crippen molar-refractivity contribution in [1.29, 1.82) is 0 Å². The smallest absolute Gasteiger partial charge is 0.248 e. The van der Waals surface area contributed by atoms with Crippen LogP contribution in [0.1, 0.15) is 13.8 Å². The zero-order valence-corrected chi connectivity index (χ0v) is 9.22. The molecule has 1 atom stereocenters. The van der Waals surface area contributed by atoms with Crippen LogP contribution in [-0.4, -0.2) is 53.1 Å². The third-order valence-corrected chi connectivity index (χ3v) is 1.85. The van der Waals surface area contributed by atoms with Crippen LogP contribution >= 0.6 is 0 Å². The Hall–Kier alpha value is -0.910. The fourth-order valence-electron chi connectivity index (χ4n) is 1.24. The van der Waals surface area contributed by atoms with Crippen LogP contribution in [0.3, 0.4) is 0 Å². The second-order valence-electron chi connectivity index (χ2n) is 3.28. The lowest BCUT2D eigenvalue weighted by Crippen LogP contribution is -2.47. The van der Waals surface area contributed by atoms with Gasteiger partial charge in [-0.05, 0) is 19.9 Å². The molecule has 2 N–H and O–H groups in total. The molecule has 0 radical (unpaired) electrons. The summed E-state index contributed by atoms with van der Waals surface area (Å²) in [5.41, 5.74) is 0. The standard InChI is InChI=1S/C10H19NO4/c1-4-9(14)11(8(2)3)10(7-13)15-6-5-12/h4,8,10,12-13H,1,5-7H2,2-3H3. The summed E-state index contributed by atoms with van der Waals surface area (Å²) in [6.45, 7) is 6.63. The summed E-state index contributed by atoms with van der Waals surface area (Å²) in [6, 6.07) is -0.105. The Balaban J connectivity index is 4.54. The van der Waals surface area contributed by atoms with E-state index in [-0.39, 0.29) is 31.8 Å². The average Bonchev–Trinajstić information content (AvgIpc) is 2.22. The Morgan fingerprint density at radius 3 is 2.47 bits per heavy atom. The van der Waals surface area contributed by atoms with Gasteiger partial charge in [0.1, 0.15) is 0 Å². The van der Waals surface area contributed by atoms with Crippen LogP contribution in [0.25, 0.3) is 0 Å². The molecule has 0 rings (SSSR count). The molecule has 5 nitrogen and oxygen atoms in total. The molecular weight excluding hydrogens is 198 g/mol. The molecule has 0 aromatic carbocycles. The maximum atomic E-state index is 11.5. The highest BCUT2D eigenvalue weighted by Crippen LogP contribution is 2.08. The number of nitrogens with zero attached hydrogens (tertiary/aromatic N) is 1. The fraction of sp³-hybridized carbons (Fsp3) is 0.700. The molecule has 0 bridgehead atoms. The molecule has 0 aliphatic heterocycles. The molecule has 88 valence electrons. The third-order valence-electron chi connectivity index (χ3n) is 1.85. The van der Waals surface area contributed by atoms with Gasteiger partial charge in [0.25, 0.3) is 0 Å². The first-order valence-corrected chi connectivity index (χ1v) is 4.86. The summed E-state index contributed by atoms with van der Waals surface area (Å²) < 4.78 is 5.14. The molecule has 0 aromatic rings. The molecule has 0 aliphatic carbocycles. The van der Waals surface area contributed by atoms with Crippen LogP contribution in [0.5, 0.6) is 0 Å². The zero-order chi connectivity index (χ0) is 11.8. The summed E-state index contributed by atoms with van der Waals surface area (Å²) >= 11 is 0. The summed E-state index contributed by atoms with van der Waals surface area (Å²) in [5.74, 6) is -0.304. The van der Waals surface area contributed by atoms with Gasteiger partial charge in [0, 0.05) is 6.04 Å². The number of ether oxygens (including phenoxy) is 1. The Morgan fingerprint density at radius 2 is 2.13 bits per heavy atom. The van der Waals surface area contributed by atoms with Gasteiger partial charge >= 0.3 is 0 Å². The summed E-state index contributed by atoms with van der Waals surface area (Å²) in [4.78, 5) is 12.8. The second-order valence-corrected chi connectivity index (χ2v) is 3.28. The molecular formula is C10H19NO4. The van der Waals surface area contributed by atoms with Gasteiger partial charge in [0.05, 0.1) is 19.8 Å². The minimum Gasteiger partial charge on any atom is -0.394 e. The molecule has 1 amide bonds. The van der Waals surface area contributed by atoms with Crippen LogP contribution in [0.15, 0.2) is 12.7 Å². The number of aliphatic hydroxyl groups is 2. The van der Waals surface area contributed by atoms with Crippen molar-refractivity contribution in [2.24, 2.45) is 0 Å². The van der Waals surface area contributed by atoms with Gasteiger partial charge in [0.15, 0.2) is 6.23 Å². The first-order chi connectivity index (χ1) is 7.08. The average molecular weight is 217 g/mol. The van der Waals surface area contributed by atoms with E-state index in [0.717, 1.165) is 0 Å².